The molecule has 72 valence electrons. The largest absolute Gasteiger partial charge is 0.496 e. The van der Waals surface area contributed by atoms with Gasteiger partial charge in [-0.25, -0.2) is 0 Å². The van der Waals surface area contributed by atoms with E-state index in [1.807, 2.05) is 12.1 Å². The summed E-state index contributed by atoms with van der Waals surface area (Å²) in [4.78, 5) is 0. The van der Waals surface area contributed by atoms with E-state index in [9.17, 15) is 0 Å². The van der Waals surface area contributed by atoms with E-state index in [0.717, 1.165) is 22.2 Å². The van der Waals surface area contributed by atoms with Crippen LogP contribution >= 0.6 is 15.9 Å². The lowest BCUT2D eigenvalue weighted by atomic mass is 10.1. The van der Waals surface area contributed by atoms with Crippen LogP contribution in [0.25, 0.3) is 0 Å². The molecule has 0 unspecified atom stereocenters. The first-order valence-electron chi connectivity index (χ1n) is 4.22. The molecule has 1 aromatic carbocycles. The van der Waals surface area contributed by atoms with Crippen LogP contribution in [0.5, 0.6) is 5.75 Å². The highest BCUT2D eigenvalue weighted by atomic mass is 79.9. The minimum Gasteiger partial charge on any atom is -0.496 e. The molecule has 2 nitrogen and oxygen atoms in total. The van der Waals surface area contributed by atoms with Crippen molar-refractivity contribution in [1.29, 1.82) is 0 Å². The second kappa shape index (κ2) is 4.63. The SMILES string of the molecule is COc1ccc(C)c(Br)c1CCN. The van der Waals surface area contributed by atoms with Gasteiger partial charge in [0, 0.05) is 10.0 Å². The molecule has 0 spiro atoms. The lowest BCUT2D eigenvalue weighted by Gasteiger charge is -2.11. The average molecular weight is 244 g/mol. The van der Waals surface area contributed by atoms with Crippen molar-refractivity contribution >= 4 is 15.9 Å². The molecule has 0 atom stereocenters. The van der Waals surface area contributed by atoms with Gasteiger partial charge in [-0.2, -0.15) is 0 Å². The van der Waals surface area contributed by atoms with Crippen molar-refractivity contribution in [2.45, 2.75) is 13.3 Å². The van der Waals surface area contributed by atoms with Crippen molar-refractivity contribution < 1.29 is 4.74 Å². The van der Waals surface area contributed by atoms with Crippen LogP contribution in [-0.4, -0.2) is 13.7 Å². The van der Waals surface area contributed by atoms with Gasteiger partial charge in [-0.1, -0.05) is 22.0 Å². The van der Waals surface area contributed by atoms with Gasteiger partial charge >= 0.3 is 0 Å². The van der Waals surface area contributed by atoms with E-state index in [4.69, 9.17) is 10.5 Å². The fourth-order valence-electron chi connectivity index (χ4n) is 1.29. The number of ether oxygens (including phenoxy) is 1. The van der Waals surface area contributed by atoms with Gasteiger partial charge in [-0.3, -0.25) is 0 Å². The zero-order valence-corrected chi connectivity index (χ0v) is 9.52. The maximum atomic E-state index is 5.53. The molecule has 0 aliphatic rings. The van der Waals surface area contributed by atoms with Crippen molar-refractivity contribution in [2.24, 2.45) is 5.73 Å². The molecule has 0 aromatic heterocycles. The molecule has 0 radical (unpaired) electrons. The van der Waals surface area contributed by atoms with E-state index >= 15 is 0 Å². The van der Waals surface area contributed by atoms with Crippen molar-refractivity contribution in [3.05, 3.63) is 27.7 Å². The van der Waals surface area contributed by atoms with Crippen LogP contribution in [0.2, 0.25) is 0 Å². The molecule has 3 heteroatoms. The van der Waals surface area contributed by atoms with E-state index < -0.39 is 0 Å². The molecule has 13 heavy (non-hydrogen) atoms. The second-order valence-electron chi connectivity index (χ2n) is 2.92. The molecule has 0 fully saturated rings. The summed E-state index contributed by atoms with van der Waals surface area (Å²) in [5, 5.41) is 0. The predicted octanol–water partition coefficient (Wildman–Crippen LogP) is 2.27. The predicted molar refractivity (Wildman–Crippen MR) is 58.2 cm³/mol. The third kappa shape index (κ3) is 2.23. The van der Waals surface area contributed by atoms with Gasteiger partial charge in [0.2, 0.25) is 0 Å². The molecular weight excluding hydrogens is 230 g/mol. The summed E-state index contributed by atoms with van der Waals surface area (Å²) in [6.45, 7) is 2.70. The number of methoxy groups -OCH3 is 1. The third-order valence-electron chi connectivity index (χ3n) is 2.01. The van der Waals surface area contributed by atoms with E-state index in [1.54, 1.807) is 7.11 Å². The number of rotatable bonds is 3. The highest BCUT2D eigenvalue weighted by Gasteiger charge is 2.08. The van der Waals surface area contributed by atoms with Crippen molar-refractivity contribution in [3.8, 4) is 5.75 Å². The number of halogens is 1. The Kier molecular flexibility index (Phi) is 3.75. The Morgan fingerprint density at radius 1 is 1.46 bits per heavy atom. The van der Waals surface area contributed by atoms with Crippen LogP contribution in [0.3, 0.4) is 0 Å². The molecular formula is C10H14BrNO. The van der Waals surface area contributed by atoms with Gasteiger partial charge in [0.25, 0.3) is 0 Å². The second-order valence-corrected chi connectivity index (χ2v) is 3.71. The minimum absolute atomic E-state index is 0.637. The number of hydrogen-bond donors (Lipinski definition) is 1. The molecule has 0 saturated heterocycles. The Hall–Kier alpha value is -0.540. The lowest BCUT2D eigenvalue weighted by molar-refractivity contribution is 0.409. The number of aryl methyl sites for hydroxylation is 1. The molecule has 0 heterocycles. The maximum Gasteiger partial charge on any atom is 0.123 e. The van der Waals surface area contributed by atoms with Gasteiger partial charge in [-0.15, -0.1) is 0 Å². The fraction of sp³-hybridized carbons (Fsp3) is 0.400. The van der Waals surface area contributed by atoms with Crippen molar-refractivity contribution in [3.63, 3.8) is 0 Å². The molecule has 1 rings (SSSR count). The van der Waals surface area contributed by atoms with E-state index in [1.165, 1.54) is 5.56 Å². The summed E-state index contributed by atoms with van der Waals surface area (Å²) in [7, 11) is 1.68. The van der Waals surface area contributed by atoms with Gasteiger partial charge < -0.3 is 10.5 Å². The summed E-state index contributed by atoms with van der Waals surface area (Å²) >= 11 is 3.54. The lowest BCUT2D eigenvalue weighted by Crippen LogP contribution is -2.05. The van der Waals surface area contributed by atoms with E-state index in [2.05, 4.69) is 22.9 Å². The first-order valence-corrected chi connectivity index (χ1v) is 5.02. The summed E-state index contributed by atoms with van der Waals surface area (Å²) in [6, 6.07) is 4.01. The molecule has 0 bridgehead atoms. The molecule has 0 saturated carbocycles. The van der Waals surface area contributed by atoms with Crippen molar-refractivity contribution in [1.82, 2.24) is 0 Å². The maximum absolute atomic E-state index is 5.53. The zero-order chi connectivity index (χ0) is 9.84. The summed E-state index contributed by atoms with van der Waals surface area (Å²) < 4.78 is 6.36. The molecule has 2 N–H and O–H groups in total. The van der Waals surface area contributed by atoms with Gasteiger partial charge in [0.05, 0.1) is 7.11 Å². The van der Waals surface area contributed by atoms with E-state index in [-0.39, 0.29) is 0 Å². The van der Waals surface area contributed by atoms with Gasteiger partial charge in [0.1, 0.15) is 5.75 Å². The van der Waals surface area contributed by atoms with Crippen LogP contribution in [0.1, 0.15) is 11.1 Å². The minimum atomic E-state index is 0.637. The third-order valence-corrected chi connectivity index (χ3v) is 3.11. The van der Waals surface area contributed by atoms with Crippen LogP contribution < -0.4 is 10.5 Å². The number of hydrogen-bond acceptors (Lipinski definition) is 2. The highest BCUT2D eigenvalue weighted by molar-refractivity contribution is 9.10. The zero-order valence-electron chi connectivity index (χ0n) is 7.93. The van der Waals surface area contributed by atoms with Gasteiger partial charge in [-0.05, 0) is 31.5 Å². The van der Waals surface area contributed by atoms with Crippen LogP contribution in [0.4, 0.5) is 0 Å². The van der Waals surface area contributed by atoms with Crippen LogP contribution in [0.15, 0.2) is 16.6 Å². The number of benzene rings is 1. The van der Waals surface area contributed by atoms with E-state index in [0.29, 0.717) is 6.54 Å². The smallest absolute Gasteiger partial charge is 0.123 e. The van der Waals surface area contributed by atoms with Gasteiger partial charge in [0.15, 0.2) is 0 Å². The topological polar surface area (TPSA) is 35.2 Å². The summed E-state index contributed by atoms with van der Waals surface area (Å²) in [6.07, 6.45) is 0.839. The Morgan fingerprint density at radius 2 is 2.15 bits per heavy atom. The quantitative estimate of drug-likeness (QED) is 0.885. The standard InChI is InChI=1S/C10H14BrNO/c1-7-3-4-9(13-2)8(5-6-12)10(7)11/h3-4H,5-6,12H2,1-2H3. The first-order chi connectivity index (χ1) is 6.20. The normalized spacial score (nSPS) is 10.2. The fourth-order valence-corrected chi connectivity index (χ4v) is 1.81. The first kappa shape index (κ1) is 10.5. The number of nitrogens with two attached hydrogens (primary N) is 1. The monoisotopic (exact) mass is 243 g/mol. The summed E-state index contributed by atoms with van der Waals surface area (Å²) in [5.41, 5.74) is 7.90. The Bertz CT molecular complexity index is 299. The Balaban J connectivity index is 3.15. The highest BCUT2D eigenvalue weighted by Crippen LogP contribution is 2.29. The molecule has 1 aromatic rings. The van der Waals surface area contributed by atoms with Crippen LogP contribution in [0, 0.1) is 6.92 Å². The molecule has 0 aliphatic heterocycles. The Morgan fingerprint density at radius 3 is 2.69 bits per heavy atom. The van der Waals surface area contributed by atoms with Crippen molar-refractivity contribution in [2.75, 3.05) is 13.7 Å². The molecule has 0 amide bonds. The summed E-state index contributed by atoms with van der Waals surface area (Å²) in [5.74, 6) is 0.905. The van der Waals surface area contributed by atoms with Crippen LogP contribution in [-0.2, 0) is 6.42 Å². The Labute approximate surface area is 87.2 Å². The average Bonchev–Trinajstić information content (AvgIpc) is 2.14. The molecule has 0 aliphatic carbocycles.